The van der Waals surface area contributed by atoms with Crippen LogP contribution in [0.1, 0.15) is 0 Å². The largest absolute Gasteiger partial charge is 0.382 e. The van der Waals surface area contributed by atoms with Gasteiger partial charge >= 0.3 is 0 Å². The van der Waals surface area contributed by atoms with Gasteiger partial charge in [0.15, 0.2) is 0 Å². The second-order valence-electron chi connectivity index (χ2n) is 7.52. The van der Waals surface area contributed by atoms with Gasteiger partial charge in [0.1, 0.15) is 13.2 Å². The molecule has 0 aliphatic rings. The maximum absolute atomic E-state index is 5.63. The first-order valence-electron chi connectivity index (χ1n) is 12.2. The molecule has 0 unspecified atom stereocenters. The first kappa shape index (κ1) is 29.4. The second kappa shape index (κ2) is 20.4. The van der Waals surface area contributed by atoms with Crippen LogP contribution < -0.4 is 10.6 Å². The number of fused-ring (bicyclic) bond motifs is 1. The summed E-state index contributed by atoms with van der Waals surface area (Å²) in [5.41, 5.74) is 2.14. The van der Waals surface area contributed by atoms with Crippen LogP contribution in [0, 0.1) is 24.7 Å². The van der Waals surface area contributed by atoms with E-state index in [0.29, 0.717) is 92.4 Å². The van der Waals surface area contributed by atoms with Crippen LogP contribution in [0.15, 0.2) is 36.4 Å². The summed E-state index contributed by atoms with van der Waals surface area (Å²) in [4.78, 5) is 0. The molecule has 0 fully saturated rings. The highest BCUT2D eigenvalue weighted by Gasteiger charge is 2.05. The van der Waals surface area contributed by atoms with Gasteiger partial charge in [-0.2, -0.15) is 0 Å². The first-order valence-corrected chi connectivity index (χ1v) is 12.2. The van der Waals surface area contributed by atoms with Crippen molar-refractivity contribution in [3.05, 3.63) is 36.4 Å². The summed E-state index contributed by atoms with van der Waals surface area (Å²) < 4.78 is 32.4. The van der Waals surface area contributed by atoms with Crippen molar-refractivity contribution in [3.63, 3.8) is 0 Å². The molecular formula is C28H38N2O6. The predicted octanol–water partition coefficient (Wildman–Crippen LogP) is 3.03. The molecule has 0 atom stereocenters. The molecule has 2 rings (SSSR count). The number of terminal acetylenes is 2. The van der Waals surface area contributed by atoms with Crippen molar-refractivity contribution in [3.8, 4) is 24.7 Å². The van der Waals surface area contributed by atoms with Gasteiger partial charge in [-0.25, -0.2) is 0 Å². The number of anilines is 2. The van der Waals surface area contributed by atoms with E-state index in [1.807, 2.05) is 12.1 Å². The van der Waals surface area contributed by atoms with Gasteiger partial charge in [-0.3, -0.25) is 0 Å². The molecule has 0 aliphatic carbocycles. The fourth-order valence-corrected chi connectivity index (χ4v) is 3.28. The zero-order chi connectivity index (χ0) is 25.5. The fourth-order valence-electron chi connectivity index (χ4n) is 3.28. The molecule has 8 nitrogen and oxygen atoms in total. The minimum absolute atomic E-state index is 0.313. The molecule has 196 valence electrons. The molecule has 0 bridgehead atoms. The smallest absolute Gasteiger partial charge is 0.107 e. The third kappa shape index (κ3) is 12.8. The molecule has 2 aromatic carbocycles. The Bertz CT molecular complexity index is 849. The highest BCUT2D eigenvalue weighted by Crippen LogP contribution is 2.29. The molecule has 0 saturated carbocycles. The normalized spacial score (nSPS) is 10.7. The van der Waals surface area contributed by atoms with Gasteiger partial charge in [0.25, 0.3) is 0 Å². The van der Waals surface area contributed by atoms with Crippen LogP contribution in [0.3, 0.4) is 0 Å². The summed E-state index contributed by atoms with van der Waals surface area (Å²) >= 11 is 0. The van der Waals surface area contributed by atoms with Gasteiger partial charge in [0, 0.05) is 35.2 Å². The average molecular weight is 499 g/mol. The van der Waals surface area contributed by atoms with Gasteiger partial charge in [-0.1, -0.05) is 36.1 Å². The van der Waals surface area contributed by atoms with Crippen molar-refractivity contribution in [2.75, 3.05) is 103 Å². The number of hydrogen-bond acceptors (Lipinski definition) is 8. The van der Waals surface area contributed by atoms with Crippen LogP contribution in [0.2, 0.25) is 0 Å². The van der Waals surface area contributed by atoms with Crippen molar-refractivity contribution in [2.45, 2.75) is 0 Å². The molecule has 36 heavy (non-hydrogen) atoms. The molecule has 0 radical (unpaired) electrons. The fraction of sp³-hybridized carbons (Fsp3) is 0.500. The predicted molar refractivity (Wildman–Crippen MR) is 144 cm³/mol. The molecule has 0 aromatic heterocycles. The minimum atomic E-state index is 0.313. The van der Waals surface area contributed by atoms with Gasteiger partial charge in [-0.05, 0) is 12.1 Å². The number of ether oxygens (including phenoxy) is 6. The maximum atomic E-state index is 5.63. The van der Waals surface area contributed by atoms with Crippen LogP contribution in [0.5, 0.6) is 0 Å². The average Bonchev–Trinajstić information content (AvgIpc) is 2.90. The highest BCUT2D eigenvalue weighted by atomic mass is 16.5. The third-order valence-corrected chi connectivity index (χ3v) is 4.90. The lowest BCUT2D eigenvalue weighted by Crippen LogP contribution is -2.14. The zero-order valence-corrected chi connectivity index (χ0v) is 21.0. The van der Waals surface area contributed by atoms with Gasteiger partial charge in [0.2, 0.25) is 0 Å². The highest BCUT2D eigenvalue weighted by molar-refractivity contribution is 6.01. The van der Waals surface area contributed by atoms with Gasteiger partial charge < -0.3 is 39.1 Å². The second-order valence-corrected chi connectivity index (χ2v) is 7.52. The third-order valence-electron chi connectivity index (χ3n) is 4.90. The molecule has 0 aliphatic heterocycles. The molecule has 0 spiro atoms. The quantitative estimate of drug-likeness (QED) is 0.190. The molecule has 2 N–H and O–H groups in total. The Morgan fingerprint density at radius 3 is 1.25 bits per heavy atom. The van der Waals surface area contributed by atoms with Crippen molar-refractivity contribution in [1.82, 2.24) is 0 Å². The van der Waals surface area contributed by atoms with E-state index in [9.17, 15) is 0 Å². The molecular weight excluding hydrogens is 460 g/mol. The molecule has 8 heteroatoms. The van der Waals surface area contributed by atoms with Crippen LogP contribution in [0.4, 0.5) is 11.4 Å². The molecule has 0 saturated heterocycles. The van der Waals surface area contributed by atoms with E-state index in [1.165, 1.54) is 0 Å². The Morgan fingerprint density at radius 1 is 0.500 bits per heavy atom. The number of hydrogen-bond donors (Lipinski definition) is 2. The van der Waals surface area contributed by atoms with E-state index >= 15 is 0 Å². The lowest BCUT2D eigenvalue weighted by molar-refractivity contribution is 0.0224. The summed E-state index contributed by atoms with van der Waals surface area (Å²) in [6.45, 7) is 7.36. The Labute approximate surface area is 214 Å². The molecule has 2 aromatic rings. The Hall–Kier alpha value is -2.82. The van der Waals surface area contributed by atoms with E-state index < -0.39 is 0 Å². The van der Waals surface area contributed by atoms with E-state index in [0.717, 1.165) is 22.1 Å². The zero-order valence-electron chi connectivity index (χ0n) is 21.0. The number of nitrogens with one attached hydrogen (secondary N) is 2. The number of benzene rings is 2. The van der Waals surface area contributed by atoms with Gasteiger partial charge in [-0.15, -0.1) is 12.8 Å². The lowest BCUT2D eigenvalue weighted by atomic mass is 10.1. The lowest BCUT2D eigenvalue weighted by Gasteiger charge is -2.14. The molecule has 0 amide bonds. The SMILES string of the molecule is C#CCOCCOCCOCCNc1cccc2c(NCCOCCOCCOCC#C)cccc12. The van der Waals surface area contributed by atoms with E-state index in [-0.39, 0.29) is 0 Å². The minimum Gasteiger partial charge on any atom is -0.382 e. The Kier molecular flexibility index (Phi) is 16.6. The van der Waals surface area contributed by atoms with E-state index in [1.54, 1.807) is 0 Å². The van der Waals surface area contributed by atoms with Crippen molar-refractivity contribution >= 4 is 22.1 Å². The van der Waals surface area contributed by atoms with Crippen molar-refractivity contribution < 1.29 is 28.4 Å². The van der Waals surface area contributed by atoms with Crippen LogP contribution in [-0.2, 0) is 28.4 Å². The van der Waals surface area contributed by atoms with E-state index in [4.69, 9.17) is 41.3 Å². The monoisotopic (exact) mass is 498 g/mol. The first-order chi connectivity index (χ1) is 17.9. The standard InChI is InChI=1S/C28H38N2O6/c1-3-13-31-17-21-35-23-19-33-15-11-29-27-9-5-8-26-25(27)7-6-10-28(26)30-12-16-34-20-24-36-22-18-32-14-4-2/h1-2,5-10,29-30H,11-24H2. The summed E-state index contributed by atoms with van der Waals surface area (Å²) in [6.07, 6.45) is 10.2. The van der Waals surface area contributed by atoms with E-state index in [2.05, 4.69) is 46.7 Å². The molecule has 0 heterocycles. The van der Waals surface area contributed by atoms with Crippen LogP contribution in [-0.4, -0.2) is 92.4 Å². The van der Waals surface area contributed by atoms with Crippen molar-refractivity contribution in [1.29, 1.82) is 0 Å². The van der Waals surface area contributed by atoms with Gasteiger partial charge in [0.05, 0.1) is 66.1 Å². The van der Waals surface area contributed by atoms with Crippen molar-refractivity contribution in [2.24, 2.45) is 0 Å². The Morgan fingerprint density at radius 2 is 0.861 bits per heavy atom. The maximum Gasteiger partial charge on any atom is 0.107 e. The summed E-state index contributed by atoms with van der Waals surface area (Å²) in [5, 5.41) is 9.23. The van der Waals surface area contributed by atoms with Crippen LogP contribution in [0.25, 0.3) is 10.8 Å². The summed E-state index contributed by atoms with van der Waals surface area (Å²) in [6, 6.07) is 12.5. The number of rotatable bonds is 22. The summed E-state index contributed by atoms with van der Waals surface area (Å²) in [7, 11) is 0. The topological polar surface area (TPSA) is 79.4 Å². The Balaban J connectivity index is 1.61. The van der Waals surface area contributed by atoms with Crippen LogP contribution >= 0.6 is 0 Å². The summed E-state index contributed by atoms with van der Waals surface area (Å²) in [5.74, 6) is 4.83.